The second kappa shape index (κ2) is 13.4. The minimum absolute atomic E-state index is 0.149. The summed E-state index contributed by atoms with van der Waals surface area (Å²) in [7, 11) is 6.18. The van der Waals surface area contributed by atoms with E-state index < -0.39 is 0 Å². The number of ether oxygens (including phenoxy) is 4. The first-order valence-electron chi connectivity index (χ1n) is 10.1. The molecule has 10 heteroatoms. The lowest BCUT2D eigenvalue weighted by atomic mass is 10.2. The quantitative estimate of drug-likeness (QED) is 0.374. The van der Waals surface area contributed by atoms with Crippen molar-refractivity contribution in [3.63, 3.8) is 0 Å². The first-order valence-corrected chi connectivity index (χ1v) is 10.1. The number of hydrazone groups is 2. The highest BCUT2D eigenvalue weighted by atomic mass is 16.5. The molecule has 2 aromatic carbocycles. The lowest BCUT2D eigenvalue weighted by Crippen LogP contribution is -2.20. The maximum Gasteiger partial charge on any atom is 0.240 e. The van der Waals surface area contributed by atoms with Gasteiger partial charge in [0, 0.05) is 12.8 Å². The smallest absolute Gasteiger partial charge is 0.240 e. The van der Waals surface area contributed by atoms with Crippen LogP contribution in [0.1, 0.15) is 30.4 Å². The number of nitrogens with one attached hydrogen (secondary N) is 2. The molecule has 0 radical (unpaired) electrons. The SMILES string of the molecule is COc1ccc(/C=N\NC(=O)CCCC(=O)N/N=C/c2ccc(OC)c(OC)c2)cc1OC. The number of rotatable bonds is 12. The summed E-state index contributed by atoms with van der Waals surface area (Å²) < 4.78 is 20.8. The van der Waals surface area contributed by atoms with Crippen LogP contribution in [-0.2, 0) is 9.59 Å². The molecule has 2 N–H and O–H groups in total. The predicted molar refractivity (Wildman–Crippen MR) is 124 cm³/mol. The minimum atomic E-state index is -0.298. The van der Waals surface area contributed by atoms with Gasteiger partial charge < -0.3 is 18.9 Å². The Morgan fingerprint density at radius 1 is 0.697 bits per heavy atom. The predicted octanol–water partition coefficient (Wildman–Crippen LogP) is 2.49. The molecule has 0 unspecified atom stereocenters. The van der Waals surface area contributed by atoms with E-state index in [0.717, 1.165) is 11.1 Å². The number of benzene rings is 2. The monoisotopic (exact) mass is 456 g/mol. The van der Waals surface area contributed by atoms with Gasteiger partial charge in [-0.15, -0.1) is 0 Å². The van der Waals surface area contributed by atoms with Crippen LogP contribution in [0.2, 0.25) is 0 Å². The van der Waals surface area contributed by atoms with Crippen molar-refractivity contribution in [1.82, 2.24) is 10.9 Å². The Bertz CT molecular complexity index is 927. The summed E-state index contributed by atoms with van der Waals surface area (Å²) >= 11 is 0. The molecule has 0 aliphatic heterocycles. The number of amides is 2. The lowest BCUT2D eigenvalue weighted by molar-refractivity contribution is -0.122. The van der Waals surface area contributed by atoms with Crippen LogP contribution in [0.4, 0.5) is 0 Å². The van der Waals surface area contributed by atoms with Gasteiger partial charge in [-0.05, 0) is 53.9 Å². The zero-order chi connectivity index (χ0) is 24.1. The fourth-order valence-electron chi connectivity index (χ4n) is 2.75. The fraction of sp³-hybridized carbons (Fsp3) is 0.304. The van der Waals surface area contributed by atoms with E-state index in [4.69, 9.17) is 18.9 Å². The van der Waals surface area contributed by atoms with Crippen LogP contribution in [0.15, 0.2) is 46.6 Å². The van der Waals surface area contributed by atoms with Crippen molar-refractivity contribution in [2.45, 2.75) is 19.3 Å². The highest BCUT2D eigenvalue weighted by Gasteiger charge is 2.06. The molecule has 0 spiro atoms. The standard InChI is InChI=1S/C23H28N4O6/c1-30-18-10-8-16(12-20(18)32-3)14-24-26-22(28)6-5-7-23(29)27-25-15-17-9-11-19(31-2)21(13-17)33-4/h8-15H,5-7H2,1-4H3,(H,26,28)(H,27,29)/b24-14-,25-15+. The number of hydrogen-bond acceptors (Lipinski definition) is 8. The Balaban J connectivity index is 1.71. The van der Waals surface area contributed by atoms with E-state index >= 15 is 0 Å². The molecule has 2 amide bonds. The summed E-state index contributed by atoms with van der Waals surface area (Å²) in [6.07, 6.45) is 3.65. The Hall–Kier alpha value is -4.08. The molecule has 0 bridgehead atoms. The summed E-state index contributed by atoms with van der Waals surface area (Å²) in [6, 6.07) is 10.5. The van der Waals surface area contributed by atoms with Crippen molar-refractivity contribution in [2.75, 3.05) is 28.4 Å². The van der Waals surface area contributed by atoms with E-state index in [-0.39, 0.29) is 24.7 Å². The molecular weight excluding hydrogens is 428 g/mol. The van der Waals surface area contributed by atoms with Crippen molar-refractivity contribution in [1.29, 1.82) is 0 Å². The van der Waals surface area contributed by atoms with Gasteiger partial charge in [0.05, 0.1) is 40.9 Å². The highest BCUT2D eigenvalue weighted by molar-refractivity contribution is 5.84. The molecule has 10 nitrogen and oxygen atoms in total. The molecule has 0 fully saturated rings. The molecule has 0 saturated heterocycles. The second-order valence-corrected chi connectivity index (χ2v) is 6.67. The molecule has 0 atom stereocenters. The van der Waals surface area contributed by atoms with Crippen molar-refractivity contribution in [3.05, 3.63) is 47.5 Å². The average Bonchev–Trinajstić information content (AvgIpc) is 2.83. The van der Waals surface area contributed by atoms with Crippen molar-refractivity contribution in [2.24, 2.45) is 10.2 Å². The van der Waals surface area contributed by atoms with Gasteiger partial charge in [-0.1, -0.05) is 0 Å². The third-order valence-electron chi connectivity index (χ3n) is 4.43. The first-order chi connectivity index (χ1) is 16.0. The van der Waals surface area contributed by atoms with Gasteiger partial charge in [-0.3, -0.25) is 9.59 Å². The van der Waals surface area contributed by atoms with Crippen LogP contribution in [0, 0.1) is 0 Å². The zero-order valence-electron chi connectivity index (χ0n) is 19.1. The Morgan fingerprint density at radius 2 is 1.09 bits per heavy atom. The van der Waals surface area contributed by atoms with Gasteiger partial charge >= 0.3 is 0 Å². The third-order valence-corrected chi connectivity index (χ3v) is 4.43. The maximum atomic E-state index is 11.9. The number of hydrogen-bond donors (Lipinski definition) is 2. The summed E-state index contributed by atoms with van der Waals surface area (Å²) in [5, 5.41) is 7.83. The summed E-state index contributed by atoms with van der Waals surface area (Å²) in [6.45, 7) is 0. The van der Waals surface area contributed by atoms with E-state index in [1.54, 1.807) is 50.6 Å². The Morgan fingerprint density at radius 3 is 1.45 bits per heavy atom. The van der Waals surface area contributed by atoms with Crippen molar-refractivity contribution in [3.8, 4) is 23.0 Å². The lowest BCUT2D eigenvalue weighted by Gasteiger charge is -2.07. The molecule has 0 aromatic heterocycles. The normalized spacial score (nSPS) is 10.8. The second-order valence-electron chi connectivity index (χ2n) is 6.67. The number of methoxy groups -OCH3 is 4. The Labute approximate surface area is 192 Å². The van der Waals surface area contributed by atoms with Gasteiger partial charge in [0.15, 0.2) is 23.0 Å². The first kappa shape index (κ1) is 25.2. The maximum absolute atomic E-state index is 11.9. The van der Waals surface area contributed by atoms with Crippen molar-refractivity contribution < 1.29 is 28.5 Å². The van der Waals surface area contributed by atoms with E-state index in [0.29, 0.717) is 29.4 Å². The topological polar surface area (TPSA) is 120 Å². The van der Waals surface area contributed by atoms with Crippen molar-refractivity contribution >= 4 is 24.2 Å². The van der Waals surface area contributed by atoms with Gasteiger partial charge in [0.25, 0.3) is 0 Å². The molecule has 0 heterocycles. The van der Waals surface area contributed by atoms with Crippen LogP contribution in [0.3, 0.4) is 0 Å². The van der Waals surface area contributed by atoms with Crippen LogP contribution in [-0.4, -0.2) is 52.7 Å². The molecule has 0 saturated carbocycles. The summed E-state index contributed by atoms with van der Waals surface area (Å²) in [5.74, 6) is 1.73. The molecular formula is C23H28N4O6. The van der Waals surface area contributed by atoms with Crippen LogP contribution >= 0.6 is 0 Å². The largest absolute Gasteiger partial charge is 0.493 e. The highest BCUT2D eigenvalue weighted by Crippen LogP contribution is 2.27. The number of carbonyl (C=O) groups excluding carboxylic acids is 2. The Kier molecular flexibility index (Phi) is 10.2. The fourth-order valence-corrected chi connectivity index (χ4v) is 2.75. The van der Waals surface area contributed by atoms with Gasteiger partial charge in [-0.2, -0.15) is 10.2 Å². The van der Waals surface area contributed by atoms with Crippen LogP contribution in [0.5, 0.6) is 23.0 Å². The third kappa shape index (κ3) is 8.17. The van der Waals surface area contributed by atoms with Gasteiger partial charge in [0.1, 0.15) is 0 Å². The van der Waals surface area contributed by atoms with E-state index in [1.807, 2.05) is 0 Å². The molecule has 0 aliphatic rings. The molecule has 2 aromatic rings. The molecule has 176 valence electrons. The minimum Gasteiger partial charge on any atom is -0.493 e. The number of nitrogens with zero attached hydrogens (tertiary/aromatic N) is 2. The summed E-state index contributed by atoms with van der Waals surface area (Å²) in [5.41, 5.74) is 6.33. The van der Waals surface area contributed by atoms with Crippen LogP contribution < -0.4 is 29.8 Å². The van der Waals surface area contributed by atoms with E-state index in [1.165, 1.54) is 26.6 Å². The summed E-state index contributed by atoms with van der Waals surface area (Å²) in [4.78, 5) is 23.8. The molecule has 0 aliphatic carbocycles. The molecule has 2 rings (SSSR count). The average molecular weight is 456 g/mol. The van der Waals surface area contributed by atoms with Gasteiger partial charge in [-0.25, -0.2) is 10.9 Å². The van der Waals surface area contributed by atoms with Crippen LogP contribution in [0.25, 0.3) is 0 Å². The van der Waals surface area contributed by atoms with Gasteiger partial charge in [0.2, 0.25) is 11.8 Å². The number of carbonyl (C=O) groups is 2. The zero-order valence-corrected chi connectivity index (χ0v) is 19.1. The molecule has 33 heavy (non-hydrogen) atoms. The van der Waals surface area contributed by atoms with E-state index in [9.17, 15) is 9.59 Å². The van der Waals surface area contributed by atoms with E-state index in [2.05, 4.69) is 21.1 Å².